The molecule has 3 aliphatic rings. The highest BCUT2D eigenvalue weighted by Gasteiger charge is 2.32. The zero-order chi connectivity index (χ0) is 22.1. The Morgan fingerprint density at radius 2 is 1.91 bits per heavy atom. The molecule has 1 fully saturated rings. The number of aromatic nitrogens is 1. The second kappa shape index (κ2) is 8.61. The highest BCUT2D eigenvalue weighted by Crippen LogP contribution is 2.38. The summed E-state index contributed by atoms with van der Waals surface area (Å²) in [7, 11) is 0. The van der Waals surface area contributed by atoms with Crippen molar-refractivity contribution in [1.82, 2.24) is 10.3 Å². The van der Waals surface area contributed by atoms with Gasteiger partial charge in [0.2, 0.25) is 5.91 Å². The number of carbonyl (C=O) groups excluding carboxylic acids is 3. The van der Waals surface area contributed by atoms with E-state index >= 15 is 0 Å². The molecule has 0 spiro atoms. The lowest BCUT2D eigenvalue weighted by Gasteiger charge is -2.33. The number of aryl methyl sites for hydroxylation is 1. The Bertz CT molecular complexity index is 1050. The number of rotatable bonds is 4. The van der Waals surface area contributed by atoms with Crippen molar-refractivity contribution < 1.29 is 14.4 Å². The van der Waals surface area contributed by atoms with Crippen LogP contribution in [0.25, 0.3) is 0 Å². The average molecular weight is 434 g/mol. The van der Waals surface area contributed by atoms with E-state index in [2.05, 4.69) is 26.6 Å². The minimum absolute atomic E-state index is 0.108. The van der Waals surface area contributed by atoms with Gasteiger partial charge in [-0.25, -0.2) is 0 Å². The third-order valence-corrected chi connectivity index (χ3v) is 6.65. The third-order valence-electron chi connectivity index (χ3n) is 6.65. The van der Waals surface area contributed by atoms with Crippen LogP contribution >= 0.6 is 0 Å². The number of piperidine rings is 1. The van der Waals surface area contributed by atoms with Crippen LogP contribution < -0.4 is 20.4 Å². The van der Waals surface area contributed by atoms with Crippen LogP contribution in [0.3, 0.4) is 0 Å². The van der Waals surface area contributed by atoms with Gasteiger partial charge in [-0.3, -0.25) is 19.4 Å². The van der Waals surface area contributed by atoms with Gasteiger partial charge in [0, 0.05) is 38.1 Å². The van der Waals surface area contributed by atoms with E-state index < -0.39 is 11.8 Å². The van der Waals surface area contributed by atoms with Crippen LogP contribution in [0.1, 0.15) is 30.4 Å². The van der Waals surface area contributed by atoms with Gasteiger partial charge >= 0.3 is 11.8 Å². The number of hydrogen-bond acceptors (Lipinski definition) is 5. The summed E-state index contributed by atoms with van der Waals surface area (Å²) in [6.07, 6.45) is 7.69. The predicted molar refractivity (Wildman–Crippen MR) is 122 cm³/mol. The van der Waals surface area contributed by atoms with E-state index in [1.165, 1.54) is 0 Å². The van der Waals surface area contributed by atoms with Gasteiger partial charge in [0.15, 0.2) is 0 Å². The molecule has 0 bridgehead atoms. The predicted octanol–water partition coefficient (Wildman–Crippen LogP) is 1.89. The van der Waals surface area contributed by atoms with E-state index in [4.69, 9.17) is 0 Å². The summed E-state index contributed by atoms with van der Waals surface area (Å²) < 4.78 is 0. The van der Waals surface area contributed by atoms with Gasteiger partial charge in [0.25, 0.3) is 0 Å². The fraction of sp³-hybridized carbons (Fsp3) is 0.417. The molecule has 2 aromatic rings. The first kappa shape index (κ1) is 20.5. The Kier molecular flexibility index (Phi) is 5.51. The van der Waals surface area contributed by atoms with Crippen LogP contribution in [0.4, 0.5) is 17.1 Å². The van der Waals surface area contributed by atoms with E-state index in [0.29, 0.717) is 24.6 Å². The number of amides is 3. The maximum absolute atomic E-state index is 12.4. The second-order valence-corrected chi connectivity index (χ2v) is 8.77. The van der Waals surface area contributed by atoms with Crippen molar-refractivity contribution >= 4 is 34.8 Å². The maximum Gasteiger partial charge on any atom is 0.313 e. The average Bonchev–Trinajstić information content (AvgIpc) is 3.15. The molecule has 166 valence electrons. The molecule has 3 aliphatic heterocycles. The zero-order valence-corrected chi connectivity index (χ0v) is 18.0. The molecule has 8 heteroatoms. The Morgan fingerprint density at radius 3 is 2.69 bits per heavy atom. The number of nitrogens with zero attached hydrogens (tertiary/aromatic N) is 3. The van der Waals surface area contributed by atoms with Gasteiger partial charge in [-0.15, -0.1) is 0 Å². The Labute approximate surface area is 187 Å². The normalized spacial score (nSPS) is 17.8. The summed E-state index contributed by atoms with van der Waals surface area (Å²) in [6, 6.07) is 7.70. The van der Waals surface area contributed by atoms with Crippen molar-refractivity contribution in [1.29, 1.82) is 0 Å². The molecule has 2 N–H and O–H groups in total. The van der Waals surface area contributed by atoms with Crippen LogP contribution in [-0.4, -0.2) is 48.9 Å². The molecule has 0 atom stereocenters. The summed E-state index contributed by atoms with van der Waals surface area (Å²) in [5.74, 6) is -0.827. The highest BCUT2D eigenvalue weighted by atomic mass is 16.2. The molecule has 3 amide bonds. The van der Waals surface area contributed by atoms with E-state index in [-0.39, 0.29) is 5.91 Å². The van der Waals surface area contributed by atoms with Crippen molar-refractivity contribution in [3.63, 3.8) is 0 Å². The number of anilines is 3. The van der Waals surface area contributed by atoms with Crippen LogP contribution in [0.5, 0.6) is 0 Å². The number of nitrogens with one attached hydrogen (secondary N) is 2. The van der Waals surface area contributed by atoms with Crippen molar-refractivity contribution in [3.05, 3.63) is 47.8 Å². The zero-order valence-electron chi connectivity index (χ0n) is 18.0. The lowest BCUT2D eigenvalue weighted by atomic mass is 9.96. The van der Waals surface area contributed by atoms with Gasteiger partial charge < -0.3 is 20.4 Å². The first-order valence-corrected chi connectivity index (χ1v) is 11.3. The molecule has 4 heterocycles. The fourth-order valence-corrected chi connectivity index (χ4v) is 4.99. The van der Waals surface area contributed by atoms with E-state index in [9.17, 15) is 14.4 Å². The summed E-state index contributed by atoms with van der Waals surface area (Å²) in [4.78, 5) is 45.3. The SMILES string of the molecule is O=C(NCC1CCN(c2cccnc2)CC1)C(=O)Nc1cc2c3c(c1)CC(=O)N3CCC2. The van der Waals surface area contributed by atoms with Crippen molar-refractivity contribution in [2.45, 2.75) is 32.1 Å². The quantitative estimate of drug-likeness (QED) is 0.718. The second-order valence-electron chi connectivity index (χ2n) is 8.77. The van der Waals surface area contributed by atoms with Crippen molar-refractivity contribution in [2.75, 3.05) is 41.3 Å². The number of carbonyl (C=O) groups is 3. The smallest absolute Gasteiger partial charge is 0.313 e. The topological polar surface area (TPSA) is 94.6 Å². The Hall–Kier alpha value is -3.42. The van der Waals surface area contributed by atoms with E-state index in [1.54, 1.807) is 6.20 Å². The Balaban J connectivity index is 1.13. The third kappa shape index (κ3) is 4.04. The highest BCUT2D eigenvalue weighted by molar-refractivity contribution is 6.39. The summed E-state index contributed by atoms with van der Waals surface area (Å²) in [6.45, 7) is 3.07. The first-order valence-electron chi connectivity index (χ1n) is 11.3. The molecule has 1 saturated heterocycles. The molecule has 1 aromatic carbocycles. The summed E-state index contributed by atoms with van der Waals surface area (Å²) in [5, 5.41) is 5.51. The molecular weight excluding hydrogens is 406 g/mol. The van der Waals surface area contributed by atoms with Crippen LogP contribution in [-0.2, 0) is 27.2 Å². The van der Waals surface area contributed by atoms with Gasteiger partial charge in [0.05, 0.1) is 24.0 Å². The van der Waals surface area contributed by atoms with E-state index in [0.717, 1.165) is 67.8 Å². The molecule has 0 unspecified atom stereocenters. The van der Waals surface area contributed by atoms with Gasteiger partial charge in [0.1, 0.15) is 0 Å². The summed E-state index contributed by atoms with van der Waals surface area (Å²) >= 11 is 0. The summed E-state index contributed by atoms with van der Waals surface area (Å²) in [5.41, 5.74) is 4.70. The van der Waals surface area contributed by atoms with Crippen LogP contribution in [0.2, 0.25) is 0 Å². The monoisotopic (exact) mass is 433 g/mol. The van der Waals surface area contributed by atoms with Crippen LogP contribution in [0.15, 0.2) is 36.7 Å². The fourth-order valence-electron chi connectivity index (χ4n) is 4.99. The lowest BCUT2D eigenvalue weighted by Crippen LogP contribution is -2.41. The van der Waals surface area contributed by atoms with Gasteiger partial charge in [-0.2, -0.15) is 0 Å². The van der Waals surface area contributed by atoms with Crippen molar-refractivity contribution in [3.8, 4) is 0 Å². The standard InChI is InChI=1S/C24H27N5O3/c30-21-13-18-12-19(11-17-3-2-8-29(21)22(17)18)27-24(32)23(31)26-14-16-5-9-28(10-6-16)20-4-1-7-25-15-20/h1,4,7,11-12,15-16H,2-3,5-6,8-10,13-14H2,(H,26,31)(H,27,32). The van der Waals surface area contributed by atoms with Gasteiger partial charge in [-0.1, -0.05) is 0 Å². The maximum atomic E-state index is 12.4. The molecule has 0 saturated carbocycles. The minimum Gasteiger partial charge on any atom is -0.370 e. The molecule has 32 heavy (non-hydrogen) atoms. The molecule has 0 radical (unpaired) electrons. The number of hydrogen-bond donors (Lipinski definition) is 2. The number of pyridine rings is 1. The first-order chi connectivity index (χ1) is 15.6. The molecule has 0 aliphatic carbocycles. The lowest BCUT2D eigenvalue weighted by molar-refractivity contribution is -0.136. The largest absolute Gasteiger partial charge is 0.370 e. The Morgan fingerprint density at radius 1 is 1.09 bits per heavy atom. The molecular formula is C24H27N5O3. The minimum atomic E-state index is -0.665. The molecule has 5 rings (SSSR count). The number of benzene rings is 1. The van der Waals surface area contributed by atoms with E-state index in [1.807, 2.05) is 29.3 Å². The molecule has 8 nitrogen and oxygen atoms in total. The van der Waals surface area contributed by atoms with Crippen molar-refractivity contribution in [2.24, 2.45) is 5.92 Å². The van der Waals surface area contributed by atoms with Gasteiger partial charge in [-0.05, 0) is 67.0 Å². The molecule has 1 aromatic heterocycles. The van der Waals surface area contributed by atoms with Crippen LogP contribution in [0, 0.1) is 5.92 Å².